The summed E-state index contributed by atoms with van der Waals surface area (Å²) in [4.78, 5) is 19.9. The molecule has 0 spiro atoms. The third kappa shape index (κ3) is 3.82. The Hall–Kier alpha value is -3.20. The molecule has 0 saturated heterocycles. The van der Waals surface area contributed by atoms with Crippen LogP contribution in [0.4, 0.5) is 11.8 Å². The lowest BCUT2D eigenvalue weighted by Crippen LogP contribution is -2.24. The minimum absolute atomic E-state index is 0. The van der Waals surface area contributed by atoms with Crippen molar-refractivity contribution in [2.24, 2.45) is 0 Å². The highest BCUT2D eigenvalue weighted by Crippen LogP contribution is 2.32. The molecule has 1 aromatic carbocycles. The van der Waals surface area contributed by atoms with Gasteiger partial charge in [-0.25, -0.2) is 9.97 Å². The van der Waals surface area contributed by atoms with E-state index < -0.39 is 0 Å². The first-order valence-electron chi connectivity index (χ1n) is 8.38. The van der Waals surface area contributed by atoms with Gasteiger partial charge in [-0.1, -0.05) is 0 Å². The molecule has 3 aromatic rings. The van der Waals surface area contributed by atoms with E-state index in [4.69, 9.17) is 20.2 Å². The van der Waals surface area contributed by atoms with Gasteiger partial charge in [0.15, 0.2) is 28.5 Å². The average molecular weight is 372 g/mol. The molecule has 0 bridgehead atoms. The Bertz CT molecular complexity index is 930. The monoisotopic (exact) mass is 372 g/mol. The summed E-state index contributed by atoms with van der Waals surface area (Å²) < 4.78 is 10.7. The minimum atomic E-state index is 0. The number of hydrogen-bond donors (Lipinski definition) is 1. The maximum absolute atomic E-state index is 5.84. The molecule has 0 aliphatic heterocycles. The van der Waals surface area contributed by atoms with Crippen LogP contribution in [0.3, 0.4) is 0 Å². The molecule has 0 atom stereocenters. The largest absolute Gasteiger partial charge is 0.493 e. The summed E-state index contributed by atoms with van der Waals surface area (Å²) in [5.41, 5.74) is 8.50. The van der Waals surface area contributed by atoms with Crippen molar-refractivity contribution in [3.05, 3.63) is 24.4 Å². The van der Waals surface area contributed by atoms with E-state index in [0.717, 1.165) is 18.7 Å². The summed E-state index contributed by atoms with van der Waals surface area (Å²) in [5.74, 6) is 2.16. The van der Waals surface area contributed by atoms with Crippen LogP contribution in [-0.2, 0) is 0 Å². The van der Waals surface area contributed by atoms with Gasteiger partial charge in [0.05, 0.1) is 26.1 Å². The molecule has 3 rings (SSSR count). The second kappa shape index (κ2) is 8.45. The Kier molecular flexibility index (Phi) is 6.30. The number of rotatable bonds is 6. The predicted molar refractivity (Wildman–Crippen MR) is 105 cm³/mol. The van der Waals surface area contributed by atoms with Crippen LogP contribution in [0.5, 0.6) is 11.5 Å². The fraction of sp³-hybridized carbons (Fsp3) is 0.333. The topological polar surface area (TPSA) is 131 Å². The summed E-state index contributed by atoms with van der Waals surface area (Å²) >= 11 is 0. The van der Waals surface area contributed by atoms with Crippen molar-refractivity contribution < 1.29 is 14.9 Å². The predicted octanol–water partition coefficient (Wildman–Crippen LogP) is 1.71. The summed E-state index contributed by atoms with van der Waals surface area (Å²) in [6.07, 6.45) is 1.67. The van der Waals surface area contributed by atoms with Gasteiger partial charge in [-0.2, -0.15) is 9.97 Å². The number of nitrogens with two attached hydrogens (primary N) is 1. The van der Waals surface area contributed by atoms with E-state index in [1.54, 1.807) is 20.4 Å². The standard InChI is InChI=1S/C18H22N6O2.H2O/c1-5-24(6-2)17-15-16(22-18(19)23-17)20-10-12(21-15)11-7-8-13(25-3)14(9-11)26-4;/h7-10H,5-6H2,1-4H3,(H2,19,20,22,23);1H2. The number of ether oxygens (including phenoxy) is 2. The Morgan fingerprint density at radius 2 is 1.70 bits per heavy atom. The van der Waals surface area contributed by atoms with E-state index in [9.17, 15) is 0 Å². The minimum Gasteiger partial charge on any atom is -0.493 e. The lowest BCUT2D eigenvalue weighted by atomic mass is 10.1. The second-order valence-corrected chi connectivity index (χ2v) is 5.57. The van der Waals surface area contributed by atoms with Crippen molar-refractivity contribution in [1.29, 1.82) is 0 Å². The molecule has 9 nitrogen and oxygen atoms in total. The highest BCUT2D eigenvalue weighted by Gasteiger charge is 2.16. The van der Waals surface area contributed by atoms with Crippen molar-refractivity contribution >= 4 is 22.9 Å². The number of benzene rings is 1. The molecule has 0 aliphatic rings. The normalized spacial score (nSPS) is 10.4. The number of fused-ring (bicyclic) bond motifs is 1. The quantitative estimate of drug-likeness (QED) is 0.692. The molecule has 0 saturated carbocycles. The number of hydrogen-bond acceptors (Lipinski definition) is 8. The van der Waals surface area contributed by atoms with Gasteiger partial charge >= 0.3 is 0 Å². The lowest BCUT2D eigenvalue weighted by molar-refractivity contribution is 0.355. The second-order valence-electron chi connectivity index (χ2n) is 5.57. The van der Waals surface area contributed by atoms with Crippen LogP contribution >= 0.6 is 0 Å². The summed E-state index contributed by atoms with van der Waals surface area (Å²) in [6, 6.07) is 5.61. The van der Waals surface area contributed by atoms with E-state index in [2.05, 4.69) is 33.7 Å². The first-order chi connectivity index (χ1) is 12.6. The highest BCUT2D eigenvalue weighted by molar-refractivity contribution is 5.85. The summed E-state index contributed by atoms with van der Waals surface area (Å²) in [5, 5.41) is 0. The molecule has 0 fully saturated rings. The van der Waals surface area contributed by atoms with Gasteiger partial charge in [-0.3, -0.25) is 0 Å². The molecule has 2 aromatic heterocycles. The number of nitrogen functional groups attached to an aromatic ring is 1. The Balaban J connectivity index is 0.00000261. The molecule has 144 valence electrons. The van der Waals surface area contributed by atoms with Crippen LogP contribution in [-0.4, -0.2) is 52.7 Å². The summed E-state index contributed by atoms with van der Waals surface area (Å²) in [7, 11) is 3.20. The molecule has 9 heteroatoms. The van der Waals surface area contributed by atoms with Crippen molar-refractivity contribution in [3.8, 4) is 22.8 Å². The number of anilines is 2. The van der Waals surface area contributed by atoms with Crippen LogP contribution in [0.2, 0.25) is 0 Å². The van der Waals surface area contributed by atoms with E-state index in [0.29, 0.717) is 34.2 Å². The maximum atomic E-state index is 5.84. The molecule has 0 unspecified atom stereocenters. The molecule has 0 amide bonds. The van der Waals surface area contributed by atoms with Crippen molar-refractivity contribution in [2.45, 2.75) is 13.8 Å². The molecule has 0 radical (unpaired) electrons. The van der Waals surface area contributed by atoms with E-state index in [1.165, 1.54) is 0 Å². The molecule has 4 N–H and O–H groups in total. The van der Waals surface area contributed by atoms with Gasteiger partial charge in [0, 0.05) is 18.7 Å². The van der Waals surface area contributed by atoms with Gasteiger partial charge < -0.3 is 25.6 Å². The van der Waals surface area contributed by atoms with Crippen molar-refractivity contribution in [1.82, 2.24) is 19.9 Å². The third-order valence-corrected chi connectivity index (χ3v) is 4.15. The molecular weight excluding hydrogens is 348 g/mol. The molecule has 2 heterocycles. The SMILES string of the molecule is CCN(CC)c1nc(N)nc2ncc(-c3ccc(OC)c(OC)c3)nc12.O. The van der Waals surface area contributed by atoms with E-state index in [1.807, 2.05) is 18.2 Å². The Labute approximate surface area is 157 Å². The van der Waals surface area contributed by atoms with Gasteiger partial charge in [-0.05, 0) is 32.0 Å². The van der Waals surface area contributed by atoms with Crippen LogP contribution in [0.1, 0.15) is 13.8 Å². The Morgan fingerprint density at radius 1 is 1.00 bits per heavy atom. The zero-order chi connectivity index (χ0) is 18.7. The van der Waals surface area contributed by atoms with Crippen molar-refractivity contribution in [2.75, 3.05) is 37.9 Å². The van der Waals surface area contributed by atoms with Crippen LogP contribution in [0.25, 0.3) is 22.4 Å². The first-order valence-corrected chi connectivity index (χ1v) is 8.38. The van der Waals surface area contributed by atoms with Gasteiger partial charge in [0.25, 0.3) is 0 Å². The summed E-state index contributed by atoms with van der Waals surface area (Å²) in [6.45, 7) is 5.67. The fourth-order valence-electron chi connectivity index (χ4n) is 2.79. The van der Waals surface area contributed by atoms with Crippen LogP contribution in [0.15, 0.2) is 24.4 Å². The average Bonchev–Trinajstić information content (AvgIpc) is 2.68. The van der Waals surface area contributed by atoms with Gasteiger partial charge in [-0.15, -0.1) is 0 Å². The number of nitrogens with zero attached hydrogens (tertiary/aromatic N) is 5. The number of methoxy groups -OCH3 is 2. The zero-order valence-corrected chi connectivity index (χ0v) is 15.9. The van der Waals surface area contributed by atoms with E-state index in [-0.39, 0.29) is 11.4 Å². The molecular formula is C18H24N6O3. The Morgan fingerprint density at radius 3 is 2.33 bits per heavy atom. The molecule has 27 heavy (non-hydrogen) atoms. The maximum Gasteiger partial charge on any atom is 0.224 e. The highest BCUT2D eigenvalue weighted by atomic mass is 16.5. The third-order valence-electron chi connectivity index (χ3n) is 4.15. The zero-order valence-electron chi connectivity index (χ0n) is 15.9. The van der Waals surface area contributed by atoms with Gasteiger partial charge in [0.1, 0.15) is 0 Å². The first kappa shape index (κ1) is 20.1. The number of aromatic nitrogens is 4. The van der Waals surface area contributed by atoms with Crippen LogP contribution < -0.4 is 20.1 Å². The van der Waals surface area contributed by atoms with Crippen molar-refractivity contribution in [3.63, 3.8) is 0 Å². The fourth-order valence-corrected chi connectivity index (χ4v) is 2.79. The van der Waals surface area contributed by atoms with E-state index >= 15 is 0 Å². The van der Waals surface area contributed by atoms with Gasteiger partial charge in [0.2, 0.25) is 5.95 Å². The smallest absolute Gasteiger partial charge is 0.224 e. The molecule has 0 aliphatic carbocycles. The van der Waals surface area contributed by atoms with Crippen LogP contribution in [0, 0.1) is 0 Å². The lowest BCUT2D eigenvalue weighted by Gasteiger charge is -2.20.